The molecule has 3 aromatic rings. The van der Waals surface area contributed by atoms with Crippen LogP contribution in [0.3, 0.4) is 0 Å². The Bertz CT molecular complexity index is 1030. The number of benzene rings is 2. The second kappa shape index (κ2) is 10.1. The fraction of sp³-hybridized carbons (Fsp3) is 0.269. The zero-order valence-corrected chi connectivity index (χ0v) is 18.1. The lowest BCUT2D eigenvalue weighted by molar-refractivity contribution is -0.126. The number of piperidine rings is 1. The molecule has 2 amide bonds. The minimum atomic E-state index is -0.349. The smallest absolute Gasteiger partial charge is 0.253 e. The predicted molar refractivity (Wildman–Crippen MR) is 122 cm³/mol. The second-order valence-electron chi connectivity index (χ2n) is 7.90. The molecule has 0 bridgehead atoms. The highest BCUT2D eigenvalue weighted by Gasteiger charge is 2.29. The quantitative estimate of drug-likeness (QED) is 0.646. The van der Waals surface area contributed by atoms with Gasteiger partial charge in [0, 0.05) is 30.8 Å². The summed E-state index contributed by atoms with van der Waals surface area (Å²) in [7, 11) is 1.63. The number of methoxy groups -OCH3 is 1. The van der Waals surface area contributed by atoms with Crippen molar-refractivity contribution in [1.29, 1.82) is 0 Å². The molecule has 0 aliphatic carbocycles. The molecular weight excluding hydrogens is 402 g/mol. The normalized spacial score (nSPS) is 15.1. The second-order valence-corrected chi connectivity index (χ2v) is 7.90. The highest BCUT2D eigenvalue weighted by molar-refractivity contribution is 5.94. The highest BCUT2D eigenvalue weighted by Crippen LogP contribution is 2.25. The Balaban J connectivity index is 1.43. The van der Waals surface area contributed by atoms with Gasteiger partial charge in [0.1, 0.15) is 5.75 Å². The van der Waals surface area contributed by atoms with E-state index in [2.05, 4.69) is 10.3 Å². The molecule has 1 aromatic heterocycles. The number of likely N-dealkylation sites (tertiary alicyclic amines) is 1. The molecule has 1 fully saturated rings. The number of hydrogen-bond donors (Lipinski definition) is 1. The number of carbonyl (C=O) groups excluding carboxylic acids is 2. The highest BCUT2D eigenvalue weighted by atomic mass is 16.5. The van der Waals surface area contributed by atoms with Gasteiger partial charge < -0.3 is 15.0 Å². The van der Waals surface area contributed by atoms with Crippen molar-refractivity contribution in [3.05, 3.63) is 95.8 Å². The zero-order chi connectivity index (χ0) is 22.3. The van der Waals surface area contributed by atoms with Gasteiger partial charge in [-0.3, -0.25) is 14.6 Å². The Kier molecular flexibility index (Phi) is 6.80. The van der Waals surface area contributed by atoms with E-state index in [0.29, 0.717) is 31.5 Å². The van der Waals surface area contributed by atoms with Gasteiger partial charge in [-0.25, -0.2) is 0 Å². The van der Waals surface area contributed by atoms with Crippen molar-refractivity contribution in [3.8, 4) is 5.75 Å². The molecule has 1 atom stereocenters. The largest absolute Gasteiger partial charge is 0.497 e. The van der Waals surface area contributed by atoms with Gasteiger partial charge in [0.15, 0.2) is 0 Å². The third-order valence-electron chi connectivity index (χ3n) is 5.89. The van der Waals surface area contributed by atoms with Gasteiger partial charge in [0.25, 0.3) is 5.91 Å². The summed E-state index contributed by atoms with van der Waals surface area (Å²) in [5, 5.41) is 3.19. The first-order valence-corrected chi connectivity index (χ1v) is 10.9. The van der Waals surface area contributed by atoms with E-state index in [1.54, 1.807) is 13.3 Å². The fourth-order valence-corrected chi connectivity index (χ4v) is 4.04. The number of ether oxygens (including phenoxy) is 1. The Hall–Kier alpha value is -3.67. The van der Waals surface area contributed by atoms with Crippen molar-refractivity contribution in [2.75, 3.05) is 20.2 Å². The van der Waals surface area contributed by atoms with Crippen molar-refractivity contribution in [2.45, 2.75) is 18.9 Å². The molecular formula is C26H27N3O3. The third-order valence-corrected chi connectivity index (χ3v) is 5.89. The minimum absolute atomic E-state index is 0.0109. The molecule has 1 saturated heterocycles. The van der Waals surface area contributed by atoms with E-state index in [0.717, 1.165) is 17.0 Å². The number of nitrogens with one attached hydrogen (secondary N) is 1. The van der Waals surface area contributed by atoms with Crippen LogP contribution in [0.2, 0.25) is 0 Å². The fourth-order valence-electron chi connectivity index (χ4n) is 4.04. The molecule has 32 heavy (non-hydrogen) atoms. The maximum absolute atomic E-state index is 13.2. The van der Waals surface area contributed by atoms with Gasteiger partial charge in [0.2, 0.25) is 5.91 Å². The standard InChI is InChI=1S/C26H27N3O3/c1-32-22-12-10-19(11-13-22)24(23-9-5-6-16-27-23)28-25(30)20-14-17-29(18-15-20)26(31)21-7-3-2-4-8-21/h2-13,16,20,24H,14-15,17-18H2,1H3,(H,28,30). The lowest BCUT2D eigenvalue weighted by Gasteiger charge is -2.32. The van der Waals surface area contributed by atoms with E-state index in [1.807, 2.05) is 77.7 Å². The third kappa shape index (κ3) is 4.97. The number of aromatic nitrogens is 1. The number of nitrogens with zero attached hydrogens (tertiary/aromatic N) is 2. The van der Waals surface area contributed by atoms with Crippen LogP contribution in [-0.2, 0) is 4.79 Å². The topological polar surface area (TPSA) is 71.5 Å². The number of carbonyl (C=O) groups is 2. The molecule has 164 valence electrons. The van der Waals surface area contributed by atoms with Crippen LogP contribution in [0, 0.1) is 5.92 Å². The average Bonchev–Trinajstić information content (AvgIpc) is 2.88. The molecule has 4 rings (SSSR count). The maximum Gasteiger partial charge on any atom is 0.253 e. The van der Waals surface area contributed by atoms with Gasteiger partial charge in [0.05, 0.1) is 18.8 Å². The van der Waals surface area contributed by atoms with E-state index in [4.69, 9.17) is 4.74 Å². The van der Waals surface area contributed by atoms with E-state index in [1.165, 1.54) is 0 Å². The van der Waals surface area contributed by atoms with Gasteiger partial charge in [-0.05, 0) is 54.8 Å². The minimum Gasteiger partial charge on any atom is -0.497 e. The number of hydrogen-bond acceptors (Lipinski definition) is 4. The van der Waals surface area contributed by atoms with Crippen LogP contribution < -0.4 is 10.1 Å². The van der Waals surface area contributed by atoms with E-state index in [9.17, 15) is 9.59 Å². The molecule has 1 unspecified atom stereocenters. The molecule has 0 radical (unpaired) electrons. The van der Waals surface area contributed by atoms with Crippen LogP contribution >= 0.6 is 0 Å². The van der Waals surface area contributed by atoms with Gasteiger partial charge in [-0.1, -0.05) is 36.4 Å². The SMILES string of the molecule is COc1ccc(C(NC(=O)C2CCN(C(=O)c3ccccc3)CC2)c2ccccn2)cc1. The molecule has 6 heteroatoms. The molecule has 1 N–H and O–H groups in total. The van der Waals surface area contributed by atoms with Crippen LogP contribution in [-0.4, -0.2) is 41.9 Å². The zero-order valence-electron chi connectivity index (χ0n) is 18.1. The number of amides is 2. The molecule has 0 saturated carbocycles. The first kappa shape index (κ1) is 21.6. The summed E-state index contributed by atoms with van der Waals surface area (Å²) in [6, 6.07) is 22.3. The van der Waals surface area contributed by atoms with E-state index < -0.39 is 0 Å². The van der Waals surface area contributed by atoms with Gasteiger partial charge in [-0.2, -0.15) is 0 Å². The summed E-state index contributed by atoms with van der Waals surface area (Å²) >= 11 is 0. The Labute approximate surface area is 188 Å². The van der Waals surface area contributed by atoms with Crippen molar-refractivity contribution < 1.29 is 14.3 Å². The summed E-state index contributed by atoms with van der Waals surface area (Å²) in [6.45, 7) is 1.14. The average molecular weight is 430 g/mol. The molecule has 6 nitrogen and oxygen atoms in total. The predicted octanol–water partition coefficient (Wildman–Crippen LogP) is 3.85. The number of pyridine rings is 1. The summed E-state index contributed by atoms with van der Waals surface area (Å²) in [5.74, 6) is 0.631. The molecule has 1 aliphatic rings. The Morgan fingerprint density at radius 3 is 2.28 bits per heavy atom. The van der Waals surface area contributed by atoms with Crippen molar-refractivity contribution in [2.24, 2.45) is 5.92 Å². The van der Waals surface area contributed by atoms with Crippen molar-refractivity contribution in [3.63, 3.8) is 0 Å². The summed E-state index contributed by atoms with van der Waals surface area (Å²) in [5.41, 5.74) is 2.40. The van der Waals surface area contributed by atoms with Gasteiger partial charge >= 0.3 is 0 Å². The van der Waals surface area contributed by atoms with Crippen LogP contribution in [0.5, 0.6) is 5.75 Å². The summed E-state index contributed by atoms with van der Waals surface area (Å²) < 4.78 is 5.26. The van der Waals surface area contributed by atoms with Crippen molar-refractivity contribution in [1.82, 2.24) is 15.2 Å². The summed E-state index contributed by atoms with van der Waals surface area (Å²) in [4.78, 5) is 32.1. The molecule has 1 aliphatic heterocycles. The van der Waals surface area contributed by atoms with Crippen LogP contribution in [0.1, 0.15) is 40.5 Å². The van der Waals surface area contributed by atoms with Gasteiger partial charge in [-0.15, -0.1) is 0 Å². The Morgan fingerprint density at radius 1 is 0.969 bits per heavy atom. The van der Waals surface area contributed by atoms with Crippen LogP contribution in [0.4, 0.5) is 0 Å². The number of rotatable bonds is 6. The lowest BCUT2D eigenvalue weighted by atomic mass is 9.94. The summed E-state index contributed by atoms with van der Waals surface area (Å²) in [6.07, 6.45) is 3.01. The van der Waals surface area contributed by atoms with E-state index >= 15 is 0 Å². The first-order valence-electron chi connectivity index (χ1n) is 10.9. The molecule has 2 aromatic carbocycles. The molecule has 0 spiro atoms. The Morgan fingerprint density at radius 2 is 1.66 bits per heavy atom. The molecule has 2 heterocycles. The first-order chi connectivity index (χ1) is 15.7. The monoisotopic (exact) mass is 429 g/mol. The van der Waals surface area contributed by atoms with Crippen LogP contribution in [0.25, 0.3) is 0 Å². The maximum atomic E-state index is 13.2. The van der Waals surface area contributed by atoms with E-state index in [-0.39, 0.29) is 23.8 Å². The van der Waals surface area contributed by atoms with Crippen molar-refractivity contribution >= 4 is 11.8 Å². The lowest BCUT2D eigenvalue weighted by Crippen LogP contribution is -2.44. The van der Waals surface area contributed by atoms with Crippen LogP contribution in [0.15, 0.2) is 79.0 Å².